The summed E-state index contributed by atoms with van der Waals surface area (Å²) in [6.45, 7) is 23.5. The molecule has 2 saturated heterocycles. The number of nitrogens with zero attached hydrogens (tertiary/aromatic N) is 4. The molecule has 0 radical (unpaired) electrons. The van der Waals surface area contributed by atoms with Crippen molar-refractivity contribution in [2.45, 2.75) is 46.7 Å². The second kappa shape index (κ2) is 14.8. The van der Waals surface area contributed by atoms with E-state index in [1.54, 1.807) is 0 Å². The van der Waals surface area contributed by atoms with Gasteiger partial charge in [0.25, 0.3) is 0 Å². The molecular weight excluding hydrogens is 479 g/mol. The van der Waals surface area contributed by atoms with E-state index < -0.39 is 0 Å². The average molecular weight is 525 g/mol. The van der Waals surface area contributed by atoms with Gasteiger partial charge in [0, 0.05) is 64.4 Å². The summed E-state index contributed by atoms with van der Waals surface area (Å²) in [4.78, 5) is 12.6. The van der Waals surface area contributed by atoms with Crippen LogP contribution in [0, 0.1) is 5.92 Å². The third kappa shape index (κ3) is 9.25. The van der Waals surface area contributed by atoms with Gasteiger partial charge in [0.15, 0.2) is 5.96 Å². The predicted octanol–water partition coefficient (Wildman–Crippen LogP) is 1.54. The molecule has 0 saturated carbocycles. The lowest BCUT2D eigenvalue weighted by atomic mass is 10.0. The summed E-state index contributed by atoms with van der Waals surface area (Å²) < 4.78 is 5.52. The molecule has 2 atom stereocenters. The fourth-order valence-corrected chi connectivity index (χ4v) is 4.10. The molecule has 0 aliphatic carbocycles. The average Bonchev–Trinajstić information content (AvgIpc) is 2.72. The van der Waals surface area contributed by atoms with Gasteiger partial charge in [0.05, 0.1) is 19.8 Å². The van der Waals surface area contributed by atoms with Gasteiger partial charge >= 0.3 is 0 Å². The Kier molecular flexibility index (Phi) is 13.7. The molecule has 2 heterocycles. The molecule has 2 fully saturated rings. The van der Waals surface area contributed by atoms with Crippen molar-refractivity contribution >= 4 is 29.9 Å². The smallest absolute Gasteiger partial charge is 0.191 e. The molecule has 2 rings (SSSR count). The van der Waals surface area contributed by atoms with E-state index in [1.807, 2.05) is 0 Å². The van der Waals surface area contributed by atoms with Crippen molar-refractivity contribution in [3.63, 3.8) is 0 Å². The van der Waals surface area contributed by atoms with Crippen LogP contribution in [0.4, 0.5) is 0 Å². The maximum Gasteiger partial charge on any atom is 0.191 e. The van der Waals surface area contributed by atoms with Crippen LogP contribution < -0.4 is 10.6 Å². The topological polar surface area (TPSA) is 55.4 Å². The van der Waals surface area contributed by atoms with Crippen LogP contribution in [0.25, 0.3) is 0 Å². The maximum absolute atomic E-state index is 5.52. The molecule has 0 bridgehead atoms. The van der Waals surface area contributed by atoms with Crippen LogP contribution in [-0.4, -0.2) is 111 Å². The zero-order valence-corrected chi connectivity index (χ0v) is 21.7. The summed E-state index contributed by atoms with van der Waals surface area (Å²) in [5, 5.41) is 7.03. The summed E-state index contributed by atoms with van der Waals surface area (Å²) >= 11 is 0. The second-order valence-corrected chi connectivity index (χ2v) is 8.38. The molecule has 2 aliphatic heterocycles. The molecule has 2 N–H and O–H groups in total. The Hall–Kier alpha value is -0.160. The van der Waals surface area contributed by atoms with Gasteiger partial charge in [-0.2, -0.15) is 0 Å². The van der Waals surface area contributed by atoms with Crippen LogP contribution in [0.3, 0.4) is 0 Å². The predicted molar refractivity (Wildman–Crippen MR) is 134 cm³/mol. The first kappa shape index (κ1) is 26.9. The van der Waals surface area contributed by atoms with E-state index in [-0.39, 0.29) is 24.0 Å². The monoisotopic (exact) mass is 524 g/mol. The Morgan fingerprint density at radius 3 is 2.14 bits per heavy atom. The molecule has 0 amide bonds. The van der Waals surface area contributed by atoms with Crippen LogP contribution in [0.1, 0.15) is 34.6 Å². The summed E-state index contributed by atoms with van der Waals surface area (Å²) in [5.74, 6) is 1.54. The van der Waals surface area contributed by atoms with Crippen LogP contribution in [0.5, 0.6) is 0 Å². The Balaban J connectivity index is 0.00000420. The van der Waals surface area contributed by atoms with Gasteiger partial charge < -0.3 is 20.3 Å². The zero-order valence-electron chi connectivity index (χ0n) is 19.3. The standard InChI is InChI=1S/C21H44N6O.HI/c1-6-22-21(23-16-19(5)26-10-8-25(7-2)9-11-26)24-17-20(18(3)4)27-12-14-28-15-13-27;/h18-20H,6-17H2,1-5H3,(H2,22,23,24);1H. The fourth-order valence-electron chi connectivity index (χ4n) is 4.10. The minimum Gasteiger partial charge on any atom is -0.379 e. The molecule has 0 aromatic heterocycles. The van der Waals surface area contributed by atoms with Crippen molar-refractivity contribution in [2.24, 2.45) is 10.9 Å². The van der Waals surface area contributed by atoms with Crippen molar-refractivity contribution in [3.8, 4) is 0 Å². The highest BCUT2D eigenvalue weighted by molar-refractivity contribution is 14.0. The van der Waals surface area contributed by atoms with E-state index in [0.717, 1.165) is 71.5 Å². The van der Waals surface area contributed by atoms with Crippen molar-refractivity contribution in [1.82, 2.24) is 25.3 Å². The summed E-state index contributed by atoms with van der Waals surface area (Å²) in [6, 6.07) is 0.988. The van der Waals surface area contributed by atoms with Crippen LogP contribution in [0.2, 0.25) is 0 Å². The van der Waals surface area contributed by atoms with Crippen LogP contribution in [0.15, 0.2) is 4.99 Å². The molecule has 0 aromatic rings. The number of hydrogen-bond donors (Lipinski definition) is 2. The zero-order chi connectivity index (χ0) is 20.4. The Bertz CT molecular complexity index is 450. The largest absolute Gasteiger partial charge is 0.379 e. The molecule has 0 aromatic carbocycles. The van der Waals surface area contributed by atoms with Gasteiger partial charge in [-0.25, -0.2) is 0 Å². The Labute approximate surface area is 196 Å². The molecule has 29 heavy (non-hydrogen) atoms. The van der Waals surface area contributed by atoms with Crippen molar-refractivity contribution in [2.75, 3.05) is 78.7 Å². The number of ether oxygens (including phenoxy) is 1. The molecule has 2 unspecified atom stereocenters. The fraction of sp³-hybridized carbons (Fsp3) is 0.952. The van der Waals surface area contributed by atoms with E-state index in [4.69, 9.17) is 9.73 Å². The molecule has 7 nitrogen and oxygen atoms in total. The van der Waals surface area contributed by atoms with Gasteiger partial charge in [0.1, 0.15) is 0 Å². The highest BCUT2D eigenvalue weighted by Crippen LogP contribution is 2.12. The first-order chi connectivity index (χ1) is 13.5. The van der Waals surface area contributed by atoms with E-state index >= 15 is 0 Å². The van der Waals surface area contributed by atoms with Gasteiger partial charge in [0.2, 0.25) is 0 Å². The van der Waals surface area contributed by atoms with Gasteiger partial charge in [-0.3, -0.25) is 14.8 Å². The number of rotatable bonds is 9. The number of aliphatic imine (C=N–C) groups is 1. The number of nitrogens with one attached hydrogen (secondary N) is 2. The SMILES string of the molecule is CCNC(=NCC(C)N1CCN(CC)CC1)NCC(C(C)C)N1CCOCC1.I. The Morgan fingerprint density at radius 2 is 1.59 bits per heavy atom. The van der Waals surface area contributed by atoms with Crippen LogP contribution >= 0.6 is 24.0 Å². The van der Waals surface area contributed by atoms with E-state index in [2.05, 4.69) is 60.0 Å². The first-order valence-electron chi connectivity index (χ1n) is 11.4. The van der Waals surface area contributed by atoms with E-state index in [0.29, 0.717) is 18.0 Å². The maximum atomic E-state index is 5.52. The lowest BCUT2D eigenvalue weighted by molar-refractivity contribution is 0.00752. The van der Waals surface area contributed by atoms with Crippen molar-refractivity contribution in [1.29, 1.82) is 0 Å². The minimum atomic E-state index is 0. The molecule has 8 heteroatoms. The van der Waals surface area contributed by atoms with E-state index in [9.17, 15) is 0 Å². The number of piperazine rings is 1. The van der Waals surface area contributed by atoms with E-state index in [1.165, 1.54) is 13.1 Å². The number of hydrogen-bond acceptors (Lipinski definition) is 5. The first-order valence-corrected chi connectivity index (χ1v) is 11.4. The molecule has 172 valence electrons. The Morgan fingerprint density at radius 1 is 0.931 bits per heavy atom. The van der Waals surface area contributed by atoms with Gasteiger partial charge in [-0.1, -0.05) is 20.8 Å². The quantitative estimate of drug-likeness (QED) is 0.271. The molecule has 2 aliphatic rings. The number of halogens is 1. The lowest BCUT2D eigenvalue weighted by Crippen LogP contribution is -2.53. The van der Waals surface area contributed by atoms with Crippen molar-refractivity contribution in [3.05, 3.63) is 0 Å². The normalized spacial score (nSPS) is 22.2. The summed E-state index contributed by atoms with van der Waals surface area (Å²) in [5.41, 5.74) is 0. The summed E-state index contributed by atoms with van der Waals surface area (Å²) in [6.07, 6.45) is 0. The minimum absolute atomic E-state index is 0. The van der Waals surface area contributed by atoms with Crippen LogP contribution in [-0.2, 0) is 4.74 Å². The molecular formula is C21H45IN6O. The van der Waals surface area contributed by atoms with Gasteiger partial charge in [-0.05, 0) is 26.3 Å². The number of likely N-dealkylation sites (N-methyl/N-ethyl adjacent to an activating group) is 1. The lowest BCUT2D eigenvalue weighted by Gasteiger charge is -2.37. The highest BCUT2D eigenvalue weighted by Gasteiger charge is 2.24. The molecule has 0 spiro atoms. The third-order valence-corrected chi connectivity index (χ3v) is 6.10. The summed E-state index contributed by atoms with van der Waals surface area (Å²) in [7, 11) is 0. The number of guanidine groups is 1. The second-order valence-electron chi connectivity index (χ2n) is 8.38. The number of morpholine rings is 1. The van der Waals surface area contributed by atoms with Crippen molar-refractivity contribution < 1.29 is 4.74 Å². The van der Waals surface area contributed by atoms with Gasteiger partial charge in [-0.15, -0.1) is 24.0 Å². The third-order valence-electron chi connectivity index (χ3n) is 6.10. The highest BCUT2D eigenvalue weighted by atomic mass is 127.